The highest BCUT2D eigenvalue weighted by Crippen LogP contribution is 2.33. The van der Waals surface area contributed by atoms with Crippen molar-refractivity contribution in [3.63, 3.8) is 0 Å². The zero-order chi connectivity index (χ0) is 22.2. The number of H-pyrrole nitrogens is 1. The molecule has 3 N–H and O–H groups in total. The number of carbonyl (C=O) groups excluding carboxylic acids is 2. The summed E-state index contributed by atoms with van der Waals surface area (Å²) in [5, 5.41) is 3.39. The molecule has 1 aromatic carbocycles. The first-order valence-corrected chi connectivity index (χ1v) is 11.3. The molecule has 0 radical (unpaired) electrons. The maximum atomic E-state index is 13.0. The van der Waals surface area contributed by atoms with Crippen LogP contribution in [0.25, 0.3) is 21.1 Å². The summed E-state index contributed by atoms with van der Waals surface area (Å²) in [6.07, 6.45) is 0. The summed E-state index contributed by atoms with van der Waals surface area (Å²) < 4.78 is 5.20. The second-order valence-electron chi connectivity index (χ2n) is 7.50. The van der Waals surface area contributed by atoms with E-state index >= 15 is 0 Å². The number of hydrogen-bond acceptors (Lipinski definition) is 8. The molecule has 0 aliphatic carbocycles. The van der Waals surface area contributed by atoms with Gasteiger partial charge in [0.2, 0.25) is 5.95 Å². The fourth-order valence-electron chi connectivity index (χ4n) is 4.01. The topological polar surface area (TPSA) is 117 Å². The third-order valence-electron chi connectivity index (χ3n) is 5.55. The SMILES string of the molecule is CCOC(=O)c1csc2nc(N)nc(N3CCN(C(=O)c4cc5ccccc5[nH]4)CC3)c12. The van der Waals surface area contributed by atoms with Crippen LogP contribution in [0.3, 0.4) is 0 Å². The fraction of sp³-hybridized carbons (Fsp3) is 0.273. The molecular weight excluding hydrogens is 428 g/mol. The zero-order valence-electron chi connectivity index (χ0n) is 17.5. The monoisotopic (exact) mass is 450 g/mol. The third kappa shape index (κ3) is 3.52. The lowest BCUT2D eigenvalue weighted by molar-refractivity contribution is 0.0529. The number of fused-ring (bicyclic) bond motifs is 2. The quantitative estimate of drug-likeness (QED) is 0.459. The number of aromatic amines is 1. The first-order valence-electron chi connectivity index (χ1n) is 10.4. The summed E-state index contributed by atoms with van der Waals surface area (Å²) in [5.74, 6) is 0.327. The smallest absolute Gasteiger partial charge is 0.339 e. The number of benzene rings is 1. The molecule has 1 amide bonds. The second kappa shape index (κ2) is 8.12. The van der Waals surface area contributed by atoms with E-state index in [1.54, 1.807) is 12.3 Å². The minimum Gasteiger partial charge on any atom is -0.462 e. The van der Waals surface area contributed by atoms with Gasteiger partial charge in [-0.15, -0.1) is 11.3 Å². The first kappa shape index (κ1) is 20.3. The van der Waals surface area contributed by atoms with E-state index in [1.807, 2.05) is 40.1 Å². The van der Waals surface area contributed by atoms with Gasteiger partial charge in [0.15, 0.2) is 0 Å². The number of nitrogens with zero attached hydrogens (tertiary/aromatic N) is 4. The van der Waals surface area contributed by atoms with Crippen molar-refractivity contribution in [3.8, 4) is 0 Å². The van der Waals surface area contributed by atoms with Crippen molar-refractivity contribution in [3.05, 3.63) is 47.0 Å². The second-order valence-corrected chi connectivity index (χ2v) is 8.36. The van der Waals surface area contributed by atoms with Gasteiger partial charge in [0.1, 0.15) is 16.3 Å². The molecule has 1 fully saturated rings. The number of para-hydroxylation sites is 1. The van der Waals surface area contributed by atoms with E-state index in [-0.39, 0.29) is 18.5 Å². The zero-order valence-corrected chi connectivity index (χ0v) is 18.3. The molecule has 4 heterocycles. The number of amides is 1. The Morgan fingerprint density at radius 2 is 1.97 bits per heavy atom. The maximum absolute atomic E-state index is 13.0. The van der Waals surface area contributed by atoms with Gasteiger partial charge in [0.05, 0.1) is 17.6 Å². The van der Waals surface area contributed by atoms with Crippen LogP contribution < -0.4 is 10.6 Å². The summed E-state index contributed by atoms with van der Waals surface area (Å²) in [5.41, 5.74) is 7.90. The van der Waals surface area contributed by atoms with Crippen molar-refractivity contribution >= 4 is 56.1 Å². The highest BCUT2D eigenvalue weighted by atomic mass is 32.1. The molecule has 0 bridgehead atoms. The Hall–Kier alpha value is -3.66. The number of aromatic nitrogens is 3. The first-order chi connectivity index (χ1) is 15.5. The van der Waals surface area contributed by atoms with Gasteiger partial charge in [-0.1, -0.05) is 18.2 Å². The highest BCUT2D eigenvalue weighted by molar-refractivity contribution is 7.17. The summed E-state index contributed by atoms with van der Waals surface area (Å²) in [4.78, 5) is 41.9. The van der Waals surface area contributed by atoms with E-state index in [0.717, 1.165) is 10.9 Å². The minimum atomic E-state index is -0.402. The van der Waals surface area contributed by atoms with Crippen LogP contribution >= 0.6 is 11.3 Å². The van der Waals surface area contributed by atoms with Crippen molar-refractivity contribution in [2.24, 2.45) is 0 Å². The number of anilines is 2. The molecule has 32 heavy (non-hydrogen) atoms. The van der Waals surface area contributed by atoms with Crippen LogP contribution in [0.5, 0.6) is 0 Å². The van der Waals surface area contributed by atoms with Crippen molar-refractivity contribution in [1.82, 2.24) is 19.9 Å². The Balaban J connectivity index is 1.38. The molecule has 10 heteroatoms. The normalized spacial score (nSPS) is 14.3. The minimum absolute atomic E-state index is 0.0315. The van der Waals surface area contributed by atoms with Crippen LogP contribution in [0.4, 0.5) is 11.8 Å². The van der Waals surface area contributed by atoms with Gasteiger partial charge in [-0.05, 0) is 19.1 Å². The molecule has 1 aliphatic heterocycles. The predicted octanol–water partition coefficient (Wildman–Crippen LogP) is 2.89. The van der Waals surface area contributed by atoms with Gasteiger partial charge in [0.25, 0.3) is 5.91 Å². The van der Waals surface area contributed by atoms with Crippen molar-refractivity contribution in [2.75, 3.05) is 43.4 Å². The standard InChI is InChI=1S/C22H22N6O3S/c1-2-31-21(30)14-12-32-19-17(14)18(25-22(23)26-19)27-7-9-28(10-8-27)20(29)16-11-13-5-3-4-6-15(13)24-16/h3-6,11-12,24H,2,7-10H2,1H3,(H2,23,25,26). The molecule has 1 aliphatic rings. The number of nitrogen functional groups attached to an aromatic ring is 1. The molecule has 0 saturated carbocycles. The molecular formula is C22H22N6O3S. The van der Waals surface area contributed by atoms with E-state index in [9.17, 15) is 9.59 Å². The predicted molar refractivity (Wildman–Crippen MR) is 124 cm³/mol. The number of nitrogens with two attached hydrogens (primary N) is 1. The van der Waals surface area contributed by atoms with Crippen LogP contribution in [-0.4, -0.2) is 64.5 Å². The van der Waals surface area contributed by atoms with Gasteiger partial charge < -0.3 is 25.3 Å². The number of thiophene rings is 1. The number of carbonyl (C=O) groups is 2. The lowest BCUT2D eigenvalue weighted by atomic mass is 10.2. The van der Waals surface area contributed by atoms with Crippen LogP contribution in [0.1, 0.15) is 27.8 Å². The van der Waals surface area contributed by atoms with E-state index < -0.39 is 5.97 Å². The van der Waals surface area contributed by atoms with Crippen molar-refractivity contribution < 1.29 is 14.3 Å². The van der Waals surface area contributed by atoms with Crippen LogP contribution in [-0.2, 0) is 4.74 Å². The molecule has 4 aromatic rings. The average molecular weight is 451 g/mol. The Morgan fingerprint density at radius 3 is 2.72 bits per heavy atom. The molecule has 0 spiro atoms. The number of hydrogen-bond donors (Lipinski definition) is 2. The van der Waals surface area contributed by atoms with Gasteiger partial charge in [0, 0.05) is 42.5 Å². The van der Waals surface area contributed by atoms with Crippen LogP contribution in [0, 0.1) is 0 Å². The summed E-state index contributed by atoms with van der Waals surface area (Å²) in [7, 11) is 0. The molecule has 0 atom stereocenters. The Kier molecular flexibility index (Phi) is 5.14. The number of nitrogens with one attached hydrogen (secondary N) is 1. The van der Waals surface area contributed by atoms with Gasteiger partial charge >= 0.3 is 5.97 Å². The Labute approximate surface area is 187 Å². The van der Waals surface area contributed by atoms with E-state index in [1.165, 1.54) is 11.3 Å². The highest BCUT2D eigenvalue weighted by Gasteiger charge is 2.27. The third-order valence-corrected chi connectivity index (χ3v) is 6.43. The van der Waals surface area contributed by atoms with Crippen LogP contribution in [0.15, 0.2) is 35.7 Å². The Bertz CT molecular complexity index is 1290. The van der Waals surface area contributed by atoms with Crippen molar-refractivity contribution in [2.45, 2.75) is 6.92 Å². The number of rotatable bonds is 4. The molecule has 1 saturated heterocycles. The van der Waals surface area contributed by atoms with E-state index in [0.29, 0.717) is 53.5 Å². The number of ether oxygens (including phenoxy) is 1. The Morgan fingerprint density at radius 1 is 1.19 bits per heavy atom. The van der Waals surface area contributed by atoms with Crippen molar-refractivity contribution in [1.29, 1.82) is 0 Å². The van der Waals surface area contributed by atoms with Gasteiger partial charge in [-0.2, -0.15) is 4.98 Å². The summed E-state index contributed by atoms with van der Waals surface area (Å²) in [6.45, 7) is 4.24. The lowest BCUT2D eigenvalue weighted by Crippen LogP contribution is -2.49. The molecule has 3 aromatic heterocycles. The number of piperazine rings is 1. The van der Waals surface area contributed by atoms with E-state index in [2.05, 4.69) is 15.0 Å². The molecule has 164 valence electrons. The molecule has 9 nitrogen and oxygen atoms in total. The average Bonchev–Trinajstić information content (AvgIpc) is 3.42. The van der Waals surface area contributed by atoms with Gasteiger partial charge in [-0.25, -0.2) is 9.78 Å². The van der Waals surface area contributed by atoms with Crippen LogP contribution in [0.2, 0.25) is 0 Å². The van der Waals surface area contributed by atoms with Gasteiger partial charge in [-0.3, -0.25) is 4.79 Å². The summed E-state index contributed by atoms with van der Waals surface area (Å²) in [6, 6.07) is 9.71. The fourth-order valence-corrected chi connectivity index (χ4v) is 4.92. The lowest BCUT2D eigenvalue weighted by Gasteiger charge is -2.35. The largest absolute Gasteiger partial charge is 0.462 e. The molecule has 5 rings (SSSR count). The number of esters is 1. The maximum Gasteiger partial charge on any atom is 0.339 e. The van der Waals surface area contributed by atoms with E-state index in [4.69, 9.17) is 10.5 Å². The molecule has 0 unspecified atom stereocenters. The summed E-state index contributed by atoms with van der Waals surface area (Å²) >= 11 is 1.34.